The third-order valence-corrected chi connectivity index (χ3v) is 5.76. The fourth-order valence-corrected chi connectivity index (χ4v) is 4.43. The molecule has 0 unspecified atom stereocenters. The molecule has 0 atom stereocenters. The number of rotatable bonds is 2. The summed E-state index contributed by atoms with van der Waals surface area (Å²) in [6, 6.07) is 13.5. The number of carbonyl (C=O) groups excluding carboxylic acids is 1. The van der Waals surface area contributed by atoms with Crippen LogP contribution in [0.3, 0.4) is 0 Å². The molecule has 0 fully saturated rings. The molecule has 0 saturated carbocycles. The summed E-state index contributed by atoms with van der Waals surface area (Å²) in [5.41, 5.74) is 4.96. The highest BCUT2D eigenvalue weighted by Crippen LogP contribution is 2.44. The van der Waals surface area contributed by atoms with Crippen molar-refractivity contribution in [1.82, 2.24) is 0 Å². The molecule has 5 heteroatoms. The zero-order chi connectivity index (χ0) is 17.6. The molecule has 0 aliphatic carbocycles. The molecular weight excluding hydrogens is 354 g/mol. The van der Waals surface area contributed by atoms with Gasteiger partial charge in [0, 0.05) is 16.0 Å². The molecule has 0 saturated heterocycles. The topological polar surface area (TPSA) is 38.3 Å². The van der Waals surface area contributed by atoms with E-state index in [0.717, 1.165) is 32.9 Å². The average molecular weight is 370 g/mol. The fourth-order valence-electron chi connectivity index (χ4n) is 2.97. The Bertz CT molecular complexity index is 993. The van der Waals surface area contributed by atoms with Crippen LogP contribution >= 0.6 is 22.9 Å². The first kappa shape index (κ1) is 16.2. The van der Waals surface area contributed by atoms with Crippen molar-refractivity contribution in [2.24, 2.45) is 0 Å². The smallest absolute Gasteiger partial charge is 0.265 e. The molecule has 126 valence electrons. The maximum atomic E-state index is 12.7. The number of fused-ring (bicyclic) bond motifs is 3. The van der Waals surface area contributed by atoms with E-state index >= 15 is 0 Å². The molecule has 25 heavy (non-hydrogen) atoms. The number of benzene rings is 2. The van der Waals surface area contributed by atoms with E-state index in [9.17, 15) is 4.79 Å². The highest BCUT2D eigenvalue weighted by atomic mass is 35.5. The molecule has 3 nitrogen and oxygen atoms in total. The number of hydrogen-bond donors (Lipinski definition) is 1. The maximum absolute atomic E-state index is 12.7. The van der Waals surface area contributed by atoms with Crippen LogP contribution in [0.5, 0.6) is 5.75 Å². The zero-order valence-electron chi connectivity index (χ0n) is 13.9. The lowest BCUT2D eigenvalue weighted by Crippen LogP contribution is -2.10. The first-order chi connectivity index (χ1) is 12.0. The van der Waals surface area contributed by atoms with Crippen molar-refractivity contribution in [2.75, 3.05) is 5.32 Å². The first-order valence-corrected chi connectivity index (χ1v) is 9.15. The Kier molecular flexibility index (Phi) is 4.02. The minimum absolute atomic E-state index is 0.153. The normalized spacial score (nSPS) is 12.1. The van der Waals surface area contributed by atoms with Crippen molar-refractivity contribution in [3.8, 4) is 16.2 Å². The Hall–Kier alpha value is -2.30. The predicted molar refractivity (Wildman–Crippen MR) is 103 cm³/mol. The molecule has 0 spiro atoms. The largest absolute Gasteiger partial charge is 0.488 e. The lowest BCUT2D eigenvalue weighted by molar-refractivity contribution is 0.103. The van der Waals surface area contributed by atoms with Crippen molar-refractivity contribution in [3.63, 3.8) is 0 Å². The van der Waals surface area contributed by atoms with E-state index < -0.39 is 0 Å². The van der Waals surface area contributed by atoms with E-state index in [1.807, 2.05) is 43.3 Å². The van der Waals surface area contributed by atoms with Crippen LogP contribution in [0, 0.1) is 13.8 Å². The number of hydrogen-bond acceptors (Lipinski definition) is 3. The average Bonchev–Trinajstić information content (AvgIpc) is 3.02. The van der Waals surface area contributed by atoms with E-state index in [1.165, 1.54) is 11.3 Å². The van der Waals surface area contributed by atoms with E-state index in [2.05, 4.69) is 18.3 Å². The molecule has 3 aromatic rings. The lowest BCUT2D eigenvalue weighted by Gasteiger charge is -2.19. The fraction of sp³-hybridized carbons (Fsp3) is 0.150. The summed E-state index contributed by atoms with van der Waals surface area (Å²) in [5.74, 6) is 0.725. The van der Waals surface area contributed by atoms with Crippen molar-refractivity contribution >= 4 is 34.5 Å². The van der Waals surface area contributed by atoms with Crippen molar-refractivity contribution in [3.05, 3.63) is 69.1 Å². The van der Waals surface area contributed by atoms with Crippen LogP contribution in [-0.4, -0.2) is 5.91 Å². The second-order valence-corrected chi connectivity index (χ2v) is 7.60. The van der Waals surface area contributed by atoms with Crippen LogP contribution in [0.15, 0.2) is 42.5 Å². The van der Waals surface area contributed by atoms with Gasteiger partial charge in [-0.05, 0) is 49.2 Å². The number of anilines is 1. The summed E-state index contributed by atoms with van der Waals surface area (Å²) >= 11 is 7.71. The molecule has 1 aliphatic heterocycles. The maximum Gasteiger partial charge on any atom is 0.265 e. The van der Waals surface area contributed by atoms with Gasteiger partial charge in [0.1, 0.15) is 12.4 Å². The summed E-state index contributed by atoms with van der Waals surface area (Å²) < 4.78 is 5.83. The highest BCUT2D eigenvalue weighted by molar-refractivity contribution is 7.17. The highest BCUT2D eigenvalue weighted by Gasteiger charge is 2.24. The van der Waals surface area contributed by atoms with Crippen LogP contribution < -0.4 is 10.1 Å². The van der Waals surface area contributed by atoms with Crippen molar-refractivity contribution < 1.29 is 9.53 Å². The molecule has 1 amide bonds. The van der Waals surface area contributed by atoms with Gasteiger partial charge in [-0.1, -0.05) is 29.8 Å². The Labute approximate surface area is 155 Å². The molecule has 2 aromatic carbocycles. The number of halogens is 1. The van der Waals surface area contributed by atoms with Gasteiger partial charge in [0.05, 0.1) is 15.6 Å². The third kappa shape index (κ3) is 2.92. The molecule has 1 aliphatic rings. The van der Waals surface area contributed by atoms with Gasteiger partial charge in [-0.2, -0.15) is 0 Å². The number of amides is 1. The van der Waals surface area contributed by atoms with Gasteiger partial charge in [0.2, 0.25) is 0 Å². The summed E-state index contributed by atoms with van der Waals surface area (Å²) in [4.78, 5) is 14.4. The van der Waals surface area contributed by atoms with Crippen LogP contribution in [-0.2, 0) is 6.61 Å². The predicted octanol–water partition coefficient (Wildman–Crippen LogP) is 5.83. The van der Waals surface area contributed by atoms with Crippen LogP contribution in [0.4, 0.5) is 5.69 Å². The molecule has 1 aromatic heterocycles. The van der Waals surface area contributed by atoms with Crippen LogP contribution in [0.2, 0.25) is 5.02 Å². The SMILES string of the molecule is Cc1ccc(NC(=O)c2cc3c(s2)-c2c(C)cccc2OC3)c(Cl)c1. The first-order valence-electron chi connectivity index (χ1n) is 7.96. The van der Waals surface area contributed by atoms with Gasteiger partial charge >= 0.3 is 0 Å². The minimum atomic E-state index is -0.153. The number of carbonyl (C=O) groups is 1. The Balaban J connectivity index is 1.67. The third-order valence-electron chi connectivity index (χ3n) is 4.25. The molecule has 1 N–H and O–H groups in total. The van der Waals surface area contributed by atoms with E-state index in [0.29, 0.717) is 22.2 Å². The summed E-state index contributed by atoms with van der Waals surface area (Å²) in [5, 5.41) is 3.44. The minimum Gasteiger partial charge on any atom is -0.488 e. The lowest BCUT2D eigenvalue weighted by atomic mass is 10.0. The van der Waals surface area contributed by atoms with Gasteiger partial charge in [-0.3, -0.25) is 4.79 Å². The Morgan fingerprint density at radius 1 is 1.20 bits per heavy atom. The van der Waals surface area contributed by atoms with Gasteiger partial charge in [0.15, 0.2) is 0 Å². The van der Waals surface area contributed by atoms with E-state index in [-0.39, 0.29) is 5.91 Å². The number of thiophene rings is 1. The second kappa shape index (κ2) is 6.21. The quantitative estimate of drug-likeness (QED) is 0.617. The summed E-state index contributed by atoms with van der Waals surface area (Å²) in [6.45, 7) is 4.51. The van der Waals surface area contributed by atoms with Gasteiger partial charge < -0.3 is 10.1 Å². The molecule has 4 rings (SSSR count). The summed E-state index contributed by atoms with van der Waals surface area (Å²) in [6.07, 6.45) is 0. The van der Waals surface area contributed by atoms with Crippen LogP contribution in [0.25, 0.3) is 10.4 Å². The number of ether oxygens (including phenoxy) is 1. The standard InChI is InChI=1S/C20H16ClNO2S/c1-11-6-7-15(14(21)8-11)22-20(23)17-9-13-10-24-16-5-3-4-12(2)18(16)19(13)25-17/h3-9H,10H2,1-2H3,(H,22,23). The Morgan fingerprint density at radius 3 is 2.84 bits per heavy atom. The van der Waals surface area contributed by atoms with Gasteiger partial charge in [-0.25, -0.2) is 0 Å². The van der Waals surface area contributed by atoms with Gasteiger partial charge in [-0.15, -0.1) is 11.3 Å². The molecule has 2 heterocycles. The number of nitrogens with one attached hydrogen (secondary N) is 1. The molecule has 0 radical (unpaired) electrons. The zero-order valence-corrected chi connectivity index (χ0v) is 15.4. The number of aryl methyl sites for hydroxylation is 2. The van der Waals surface area contributed by atoms with E-state index in [4.69, 9.17) is 16.3 Å². The van der Waals surface area contributed by atoms with E-state index in [1.54, 1.807) is 0 Å². The van der Waals surface area contributed by atoms with Crippen molar-refractivity contribution in [2.45, 2.75) is 20.5 Å². The Morgan fingerprint density at radius 2 is 2.04 bits per heavy atom. The van der Waals surface area contributed by atoms with Crippen molar-refractivity contribution in [1.29, 1.82) is 0 Å². The second-order valence-electron chi connectivity index (χ2n) is 6.14. The van der Waals surface area contributed by atoms with Gasteiger partial charge in [0.25, 0.3) is 5.91 Å². The van der Waals surface area contributed by atoms with Crippen LogP contribution in [0.1, 0.15) is 26.4 Å². The monoisotopic (exact) mass is 369 g/mol. The molecule has 0 bridgehead atoms. The summed E-state index contributed by atoms with van der Waals surface area (Å²) in [7, 11) is 0. The molecular formula is C20H16ClNO2S.